The Morgan fingerprint density at radius 1 is 1.17 bits per heavy atom. The summed E-state index contributed by atoms with van der Waals surface area (Å²) in [6.07, 6.45) is 5.50. The molecule has 1 fully saturated rings. The molecule has 2 aromatic heterocycles. The highest BCUT2D eigenvalue weighted by atomic mass is 16.2. The summed E-state index contributed by atoms with van der Waals surface area (Å²) in [4.78, 5) is 21.2. The molecule has 6 heteroatoms. The Labute approximate surface area is 143 Å². The van der Waals surface area contributed by atoms with Gasteiger partial charge in [-0.1, -0.05) is 13.8 Å². The van der Waals surface area contributed by atoms with Crippen LogP contribution in [-0.2, 0) is 13.6 Å². The van der Waals surface area contributed by atoms with Crippen LogP contribution >= 0.6 is 0 Å². The summed E-state index contributed by atoms with van der Waals surface area (Å²) in [6, 6.07) is 4.09. The minimum Gasteiger partial charge on any atom is -0.336 e. The van der Waals surface area contributed by atoms with Crippen LogP contribution in [0, 0.1) is 0 Å². The van der Waals surface area contributed by atoms with Gasteiger partial charge < -0.3 is 4.90 Å². The van der Waals surface area contributed by atoms with Crippen LogP contribution in [0.1, 0.15) is 41.4 Å². The van der Waals surface area contributed by atoms with Crippen LogP contribution in [0.4, 0.5) is 0 Å². The highest BCUT2D eigenvalue weighted by Crippen LogP contribution is 2.20. The summed E-state index contributed by atoms with van der Waals surface area (Å²) in [5.41, 5.74) is 2.90. The SMILES string of the molecule is CC(C)c1nn(C)cc1C(=O)N1CCN(Cc2ccncc2)CC1. The van der Waals surface area contributed by atoms with Gasteiger partial charge in [-0.15, -0.1) is 0 Å². The van der Waals surface area contributed by atoms with Gasteiger partial charge in [0.1, 0.15) is 0 Å². The molecule has 6 nitrogen and oxygen atoms in total. The first-order chi connectivity index (χ1) is 11.5. The third-order valence-electron chi connectivity index (χ3n) is 4.45. The highest BCUT2D eigenvalue weighted by Gasteiger charge is 2.26. The van der Waals surface area contributed by atoms with Gasteiger partial charge >= 0.3 is 0 Å². The van der Waals surface area contributed by atoms with E-state index in [1.165, 1.54) is 5.56 Å². The lowest BCUT2D eigenvalue weighted by Gasteiger charge is -2.34. The predicted octanol–water partition coefficient (Wildman–Crippen LogP) is 1.90. The van der Waals surface area contributed by atoms with Gasteiger partial charge in [0.25, 0.3) is 5.91 Å². The van der Waals surface area contributed by atoms with E-state index in [2.05, 4.69) is 28.8 Å². The lowest BCUT2D eigenvalue weighted by atomic mass is 10.1. The molecule has 1 aliphatic heterocycles. The van der Waals surface area contributed by atoms with Crippen LogP contribution in [0.3, 0.4) is 0 Å². The van der Waals surface area contributed by atoms with Gasteiger partial charge in [-0.3, -0.25) is 19.4 Å². The predicted molar refractivity (Wildman–Crippen MR) is 92.7 cm³/mol. The summed E-state index contributed by atoms with van der Waals surface area (Å²) >= 11 is 0. The molecule has 1 aliphatic rings. The zero-order chi connectivity index (χ0) is 17.1. The number of amides is 1. The second kappa shape index (κ2) is 7.13. The molecule has 2 aromatic rings. The van der Waals surface area contributed by atoms with Gasteiger partial charge in [0, 0.05) is 58.4 Å². The van der Waals surface area contributed by atoms with Gasteiger partial charge in [-0.25, -0.2) is 0 Å². The molecular weight excluding hydrogens is 302 g/mol. The van der Waals surface area contributed by atoms with E-state index in [1.54, 1.807) is 4.68 Å². The number of carbonyl (C=O) groups is 1. The van der Waals surface area contributed by atoms with Gasteiger partial charge in [0.05, 0.1) is 11.3 Å². The summed E-state index contributed by atoms with van der Waals surface area (Å²) in [5, 5.41) is 4.45. The van der Waals surface area contributed by atoms with E-state index >= 15 is 0 Å². The third kappa shape index (κ3) is 3.64. The van der Waals surface area contributed by atoms with E-state index in [1.807, 2.05) is 42.7 Å². The standard InChI is InChI=1S/C18H25N5O/c1-14(2)17-16(13-21(3)20-17)18(24)23-10-8-22(9-11-23)12-15-4-6-19-7-5-15/h4-7,13-14H,8-12H2,1-3H3. The van der Waals surface area contributed by atoms with E-state index in [0.29, 0.717) is 0 Å². The third-order valence-corrected chi connectivity index (χ3v) is 4.45. The first kappa shape index (κ1) is 16.6. The van der Waals surface area contributed by atoms with Crippen LogP contribution < -0.4 is 0 Å². The van der Waals surface area contributed by atoms with Crippen LogP contribution in [0.25, 0.3) is 0 Å². The zero-order valence-corrected chi connectivity index (χ0v) is 14.6. The van der Waals surface area contributed by atoms with Crippen molar-refractivity contribution < 1.29 is 4.79 Å². The van der Waals surface area contributed by atoms with E-state index < -0.39 is 0 Å². The smallest absolute Gasteiger partial charge is 0.257 e. The summed E-state index contributed by atoms with van der Waals surface area (Å²) in [6.45, 7) is 8.37. The lowest BCUT2D eigenvalue weighted by molar-refractivity contribution is 0.0627. The molecule has 0 bridgehead atoms. The van der Waals surface area contributed by atoms with E-state index in [-0.39, 0.29) is 11.8 Å². The molecule has 24 heavy (non-hydrogen) atoms. The molecular formula is C18H25N5O. The zero-order valence-electron chi connectivity index (χ0n) is 14.6. The average Bonchev–Trinajstić information content (AvgIpc) is 2.98. The second-order valence-corrected chi connectivity index (χ2v) is 6.68. The van der Waals surface area contributed by atoms with Crippen molar-refractivity contribution in [3.63, 3.8) is 0 Å². The van der Waals surface area contributed by atoms with Crippen LogP contribution in [0.5, 0.6) is 0 Å². The monoisotopic (exact) mass is 327 g/mol. The molecule has 3 heterocycles. The number of hydrogen-bond donors (Lipinski definition) is 0. The number of aryl methyl sites for hydroxylation is 1. The van der Waals surface area contributed by atoms with Crippen molar-refractivity contribution in [1.29, 1.82) is 0 Å². The molecule has 1 saturated heterocycles. The molecule has 0 aromatic carbocycles. The van der Waals surface area contributed by atoms with Crippen molar-refractivity contribution in [3.8, 4) is 0 Å². The van der Waals surface area contributed by atoms with Crippen molar-refractivity contribution in [2.24, 2.45) is 7.05 Å². The molecule has 0 unspecified atom stereocenters. The van der Waals surface area contributed by atoms with Crippen molar-refractivity contribution >= 4 is 5.91 Å². The highest BCUT2D eigenvalue weighted by molar-refractivity contribution is 5.95. The number of carbonyl (C=O) groups excluding carboxylic acids is 1. The summed E-state index contributed by atoms with van der Waals surface area (Å²) < 4.78 is 1.74. The second-order valence-electron chi connectivity index (χ2n) is 6.68. The fraction of sp³-hybridized carbons (Fsp3) is 0.500. The Kier molecular flexibility index (Phi) is 4.94. The van der Waals surface area contributed by atoms with Gasteiger partial charge in [0.15, 0.2) is 0 Å². The Morgan fingerprint density at radius 3 is 2.46 bits per heavy atom. The molecule has 0 N–H and O–H groups in total. The van der Waals surface area contributed by atoms with Crippen molar-refractivity contribution in [2.75, 3.05) is 26.2 Å². The number of rotatable bonds is 4. The first-order valence-corrected chi connectivity index (χ1v) is 8.48. The number of nitrogens with zero attached hydrogens (tertiary/aromatic N) is 5. The van der Waals surface area contributed by atoms with Crippen molar-refractivity contribution in [3.05, 3.63) is 47.5 Å². The van der Waals surface area contributed by atoms with Crippen molar-refractivity contribution in [2.45, 2.75) is 26.3 Å². The topological polar surface area (TPSA) is 54.3 Å². The van der Waals surface area contributed by atoms with E-state index in [9.17, 15) is 4.79 Å². The van der Waals surface area contributed by atoms with Crippen LogP contribution in [-0.4, -0.2) is 56.7 Å². The average molecular weight is 327 g/mol. The minimum atomic E-state index is 0.107. The van der Waals surface area contributed by atoms with Crippen LogP contribution in [0.2, 0.25) is 0 Å². The largest absolute Gasteiger partial charge is 0.336 e. The molecule has 128 valence electrons. The molecule has 0 saturated carbocycles. The number of piperazine rings is 1. The maximum Gasteiger partial charge on any atom is 0.257 e. The van der Waals surface area contributed by atoms with E-state index in [4.69, 9.17) is 0 Å². The van der Waals surface area contributed by atoms with E-state index in [0.717, 1.165) is 44.0 Å². The van der Waals surface area contributed by atoms with Crippen molar-refractivity contribution in [1.82, 2.24) is 24.6 Å². The number of aromatic nitrogens is 3. The van der Waals surface area contributed by atoms with Gasteiger partial charge in [-0.2, -0.15) is 5.10 Å². The van der Waals surface area contributed by atoms with Gasteiger partial charge in [0.2, 0.25) is 0 Å². The molecule has 0 atom stereocenters. The quantitative estimate of drug-likeness (QED) is 0.861. The molecule has 1 amide bonds. The molecule has 0 aliphatic carbocycles. The Hall–Kier alpha value is -2.21. The fourth-order valence-corrected chi connectivity index (χ4v) is 3.12. The number of hydrogen-bond acceptors (Lipinski definition) is 4. The fourth-order valence-electron chi connectivity index (χ4n) is 3.12. The molecule has 3 rings (SSSR count). The Bertz CT molecular complexity index is 687. The number of pyridine rings is 1. The Morgan fingerprint density at radius 2 is 1.83 bits per heavy atom. The van der Waals surface area contributed by atoms with Crippen LogP contribution in [0.15, 0.2) is 30.7 Å². The summed E-state index contributed by atoms with van der Waals surface area (Å²) in [5.74, 6) is 0.355. The lowest BCUT2D eigenvalue weighted by Crippen LogP contribution is -2.48. The van der Waals surface area contributed by atoms with Gasteiger partial charge in [-0.05, 0) is 23.6 Å². The molecule has 0 radical (unpaired) electrons. The maximum absolute atomic E-state index is 12.8. The normalized spacial score (nSPS) is 15.9. The Balaban J connectivity index is 1.61. The minimum absolute atomic E-state index is 0.107. The molecule has 0 spiro atoms. The summed E-state index contributed by atoms with van der Waals surface area (Å²) in [7, 11) is 1.87. The maximum atomic E-state index is 12.8. The first-order valence-electron chi connectivity index (χ1n) is 8.48.